The molecule has 0 amide bonds. The van der Waals surface area contributed by atoms with Crippen molar-refractivity contribution in [3.63, 3.8) is 0 Å². The van der Waals surface area contributed by atoms with Gasteiger partial charge < -0.3 is 0 Å². The first kappa shape index (κ1) is 16.1. The van der Waals surface area contributed by atoms with E-state index in [4.69, 9.17) is 5.26 Å². The van der Waals surface area contributed by atoms with Gasteiger partial charge in [0.15, 0.2) is 0 Å². The van der Waals surface area contributed by atoms with Gasteiger partial charge in [-0.05, 0) is 17.7 Å². The number of hydrogen-bond acceptors (Lipinski definition) is 4. The highest BCUT2D eigenvalue weighted by atomic mass is 32.1. The van der Waals surface area contributed by atoms with E-state index in [-0.39, 0.29) is 0 Å². The van der Waals surface area contributed by atoms with Gasteiger partial charge in [0.05, 0.1) is 21.8 Å². The number of hydrogen-bond donors (Lipinski definition) is 0. The van der Waals surface area contributed by atoms with Crippen molar-refractivity contribution >= 4 is 11.3 Å². The van der Waals surface area contributed by atoms with Crippen LogP contribution >= 0.6 is 11.3 Å². The van der Waals surface area contributed by atoms with Crippen molar-refractivity contribution in [2.45, 2.75) is 12.6 Å². The van der Waals surface area contributed by atoms with Crippen molar-refractivity contribution in [1.82, 2.24) is 9.97 Å². The zero-order chi connectivity index (χ0) is 17.2. The predicted octanol–water partition coefficient (Wildman–Crippen LogP) is 4.69. The smallest absolute Gasteiger partial charge is 0.263 e. The maximum absolute atomic E-state index is 12.8. The largest absolute Gasteiger partial charge is 0.416 e. The standard InChI is InChI=1S/C17H10F3N3S/c18-17(19,20)14-3-1-2-11(5-14)6-16-23-15(10-24-16)13-4-12(7-21)8-22-9-13/h1-5,8-10H,6H2. The Bertz CT molecular complexity index is 910. The van der Waals surface area contributed by atoms with Crippen LogP contribution in [0.25, 0.3) is 11.3 Å². The fourth-order valence-electron chi connectivity index (χ4n) is 2.20. The lowest BCUT2D eigenvalue weighted by molar-refractivity contribution is -0.137. The van der Waals surface area contributed by atoms with E-state index in [9.17, 15) is 13.2 Å². The topological polar surface area (TPSA) is 49.6 Å². The van der Waals surface area contributed by atoms with Crippen LogP contribution in [0.5, 0.6) is 0 Å². The number of thiazole rings is 1. The fourth-order valence-corrected chi connectivity index (χ4v) is 3.04. The van der Waals surface area contributed by atoms with E-state index in [1.807, 2.05) is 6.07 Å². The molecule has 7 heteroatoms. The first-order valence-corrected chi connectivity index (χ1v) is 7.80. The monoisotopic (exact) mass is 345 g/mol. The number of benzene rings is 1. The van der Waals surface area contributed by atoms with E-state index in [2.05, 4.69) is 9.97 Å². The predicted molar refractivity (Wildman–Crippen MR) is 84.3 cm³/mol. The highest BCUT2D eigenvalue weighted by Crippen LogP contribution is 2.30. The number of nitrogens with zero attached hydrogens (tertiary/aromatic N) is 3. The molecule has 0 bridgehead atoms. The summed E-state index contributed by atoms with van der Waals surface area (Å²) in [5.41, 5.74) is 1.68. The molecule has 0 N–H and O–H groups in total. The Morgan fingerprint density at radius 2 is 2.00 bits per heavy atom. The molecule has 2 heterocycles. The van der Waals surface area contributed by atoms with Gasteiger partial charge in [0.2, 0.25) is 0 Å². The van der Waals surface area contributed by atoms with Crippen molar-refractivity contribution < 1.29 is 13.2 Å². The molecule has 0 unspecified atom stereocenters. The Kier molecular flexibility index (Phi) is 4.32. The Morgan fingerprint density at radius 3 is 2.75 bits per heavy atom. The zero-order valence-corrected chi connectivity index (χ0v) is 13.0. The Morgan fingerprint density at radius 1 is 1.17 bits per heavy atom. The van der Waals surface area contributed by atoms with Crippen LogP contribution in [-0.2, 0) is 12.6 Å². The molecule has 0 atom stereocenters. The minimum Gasteiger partial charge on any atom is -0.263 e. The van der Waals surface area contributed by atoms with E-state index < -0.39 is 11.7 Å². The minimum absolute atomic E-state index is 0.319. The summed E-state index contributed by atoms with van der Waals surface area (Å²) < 4.78 is 38.3. The van der Waals surface area contributed by atoms with Crippen LogP contribution in [0.4, 0.5) is 13.2 Å². The first-order valence-electron chi connectivity index (χ1n) is 6.92. The average Bonchev–Trinajstić information content (AvgIpc) is 3.03. The Balaban J connectivity index is 1.83. The molecule has 2 aromatic heterocycles. The van der Waals surface area contributed by atoms with E-state index >= 15 is 0 Å². The zero-order valence-electron chi connectivity index (χ0n) is 12.2. The van der Waals surface area contributed by atoms with Crippen LogP contribution in [0, 0.1) is 11.3 Å². The van der Waals surface area contributed by atoms with Crippen LogP contribution < -0.4 is 0 Å². The second-order valence-corrected chi connectivity index (χ2v) is 6.02. The summed E-state index contributed by atoms with van der Waals surface area (Å²) in [5, 5.41) is 11.4. The fraction of sp³-hybridized carbons (Fsp3) is 0.118. The third-order valence-corrected chi connectivity index (χ3v) is 4.17. The number of rotatable bonds is 3. The third-order valence-electron chi connectivity index (χ3n) is 3.32. The molecule has 0 saturated carbocycles. The van der Waals surface area contributed by atoms with Gasteiger partial charge in [0.25, 0.3) is 0 Å². The molecule has 1 aromatic carbocycles. The van der Waals surface area contributed by atoms with Crippen molar-refractivity contribution in [3.8, 4) is 17.3 Å². The second kappa shape index (κ2) is 6.42. The van der Waals surface area contributed by atoms with Gasteiger partial charge in [-0.2, -0.15) is 18.4 Å². The van der Waals surface area contributed by atoms with Crippen LogP contribution in [0.1, 0.15) is 21.7 Å². The number of alkyl halides is 3. The molecule has 3 rings (SSSR count). The van der Waals surface area contributed by atoms with Crippen molar-refractivity contribution in [2.24, 2.45) is 0 Å². The molecule has 0 radical (unpaired) electrons. The van der Waals surface area contributed by atoms with Crippen LogP contribution in [0.3, 0.4) is 0 Å². The number of nitriles is 1. The summed E-state index contributed by atoms with van der Waals surface area (Å²) >= 11 is 1.36. The molecule has 0 fully saturated rings. The maximum atomic E-state index is 12.8. The number of pyridine rings is 1. The van der Waals surface area contributed by atoms with Crippen LogP contribution in [-0.4, -0.2) is 9.97 Å². The van der Waals surface area contributed by atoms with E-state index in [0.29, 0.717) is 33.8 Å². The molecule has 0 spiro atoms. The molecule has 120 valence electrons. The highest BCUT2D eigenvalue weighted by Gasteiger charge is 2.30. The first-order chi connectivity index (χ1) is 11.5. The number of halogens is 3. The van der Waals surface area contributed by atoms with Crippen LogP contribution in [0.2, 0.25) is 0 Å². The summed E-state index contributed by atoms with van der Waals surface area (Å²) in [6.07, 6.45) is -0.975. The molecule has 3 aromatic rings. The second-order valence-electron chi connectivity index (χ2n) is 5.08. The van der Waals surface area contributed by atoms with Gasteiger partial charge in [0, 0.05) is 29.8 Å². The van der Waals surface area contributed by atoms with Crippen LogP contribution in [0.15, 0.2) is 48.1 Å². The van der Waals surface area contributed by atoms with E-state index in [0.717, 1.165) is 12.1 Å². The molecule has 0 aliphatic carbocycles. The molecule has 24 heavy (non-hydrogen) atoms. The molecule has 0 aliphatic heterocycles. The quantitative estimate of drug-likeness (QED) is 0.692. The van der Waals surface area contributed by atoms with E-state index in [1.165, 1.54) is 23.6 Å². The van der Waals surface area contributed by atoms with Gasteiger partial charge in [-0.25, -0.2) is 4.98 Å². The molecular formula is C17H10F3N3S. The Hall–Kier alpha value is -2.72. The van der Waals surface area contributed by atoms with Crippen molar-refractivity contribution in [2.75, 3.05) is 0 Å². The lowest BCUT2D eigenvalue weighted by Crippen LogP contribution is -2.05. The summed E-state index contributed by atoms with van der Waals surface area (Å²) in [5.74, 6) is 0. The van der Waals surface area contributed by atoms with Gasteiger partial charge in [0.1, 0.15) is 6.07 Å². The van der Waals surface area contributed by atoms with Crippen molar-refractivity contribution in [3.05, 3.63) is 69.8 Å². The highest BCUT2D eigenvalue weighted by molar-refractivity contribution is 7.10. The number of aromatic nitrogens is 2. The lowest BCUT2D eigenvalue weighted by atomic mass is 10.1. The van der Waals surface area contributed by atoms with Gasteiger partial charge in [-0.1, -0.05) is 18.2 Å². The van der Waals surface area contributed by atoms with E-state index in [1.54, 1.807) is 23.7 Å². The average molecular weight is 345 g/mol. The van der Waals surface area contributed by atoms with Gasteiger partial charge in [-0.15, -0.1) is 11.3 Å². The Labute approximate surface area is 140 Å². The normalized spacial score (nSPS) is 11.2. The molecule has 0 saturated heterocycles. The maximum Gasteiger partial charge on any atom is 0.416 e. The van der Waals surface area contributed by atoms with Gasteiger partial charge in [-0.3, -0.25) is 4.98 Å². The summed E-state index contributed by atoms with van der Waals surface area (Å²) in [6, 6.07) is 8.92. The molecule has 3 nitrogen and oxygen atoms in total. The summed E-state index contributed by atoms with van der Waals surface area (Å²) in [4.78, 5) is 8.41. The van der Waals surface area contributed by atoms with Crippen molar-refractivity contribution in [1.29, 1.82) is 5.26 Å². The van der Waals surface area contributed by atoms with Gasteiger partial charge >= 0.3 is 6.18 Å². The SMILES string of the molecule is N#Cc1cncc(-c2csc(Cc3cccc(C(F)(F)F)c3)n2)c1. The minimum atomic E-state index is -4.35. The summed E-state index contributed by atoms with van der Waals surface area (Å²) in [6.45, 7) is 0. The third kappa shape index (κ3) is 3.60. The molecule has 0 aliphatic rings. The molecular weight excluding hydrogens is 335 g/mol. The summed E-state index contributed by atoms with van der Waals surface area (Å²) in [7, 11) is 0. The lowest BCUT2D eigenvalue weighted by Gasteiger charge is -2.07.